The third-order valence-corrected chi connectivity index (χ3v) is 4.07. The summed E-state index contributed by atoms with van der Waals surface area (Å²) >= 11 is 3.38. The summed E-state index contributed by atoms with van der Waals surface area (Å²) in [7, 11) is 0. The van der Waals surface area contributed by atoms with E-state index in [9.17, 15) is 10.1 Å². The van der Waals surface area contributed by atoms with Crippen molar-refractivity contribution in [1.82, 2.24) is 5.32 Å². The Kier molecular flexibility index (Phi) is 5.02. The SMILES string of the molecule is N#CC1(NC(=O)CNc2cccc(Br)c2)CCCCC1. The fourth-order valence-corrected chi connectivity index (χ4v) is 2.91. The van der Waals surface area contributed by atoms with Gasteiger partial charge in [0.15, 0.2) is 0 Å². The number of nitrogens with zero attached hydrogens (tertiary/aromatic N) is 1. The van der Waals surface area contributed by atoms with E-state index in [1.807, 2.05) is 24.3 Å². The standard InChI is InChI=1S/C15H18BrN3O/c16-12-5-4-6-13(9-12)18-10-14(20)19-15(11-17)7-2-1-3-8-15/h4-6,9,18H,1-3,7-8,10H2,(H,19,20). The van der Waals surface area contributed by atoms with E-state index in [-0.39, 0.29) is 12.5 Å². The number of nitriles is 1. The van der Waals surface area contributed by atoms with Gasteiger partial charge in [-0.25, -0.2) is 0 Å². The Balaban J connectivity index is 1.87. The van der Waals surface area contributed by atoms with E-state index in [1.165, 1.54) is 0 Å². The van der Waals surface area contributed by atoms with E-state index in [2.05, 4.69) is 32.6 Å². The largest absolute Gasteiger partial charge is 0.376 e. The molecule has 4 nitrogen and oxygen atoms in total. The molecule has 1 aromatic carbocycles. The number of benzene rings is 1. The lowest BCUT2D eigenvalue weighted by atomic mass is 9.83. The van der Waals surface area contributed by atoms with E-state index in [0.29, 0.717) is 0 Å². The minimum absolute atomic E-state index is 0.131. The zero-order chi connectivity index (χ0) is 14.4. The van der Waals surface area contributed by atoms with Crippen molar-refractivity contribution in [1.29, 1.82) is 5.26 Å². The minimum atomic E-state index is -0.658. The second kappa shape index (κ2) is 6.76. The molecule has 106 valence electrons. The average molecular weight is 336 g/mol. The summed E-state index contributed by atoms with van der Waals surface area (Å²) in [6.45, 7) is 0.180. The summed E-state index contributed by atoms with van der Waals surface area (Å²) in [6.07, 6.45) is 4.67. The van der Waals surface area contributed by atoms with Gasteiger partial charge in [0, 0.05) is 10.2 Å². The van der Waals surface area contributed by atoms with Crippen LogP contribution in [0.15, 0.2) is 28.7 Å². The Hall–Kier alpha value is -1.54. The maximum absolute atomic E-state index is 12.0. The highest BCUT2D eigenvalue weighted by molar-refractivity contribution is 9.10. The number of rotatable bonds is 4. The van der Waals surface area contributed by atoms with E-state index in [4.69, 9.17) is 0 Å². The molecule has 0 bridgehead atoms. The predicted octanol–water partition coefficient (Wildman–Crippen LogP) is 3.20. The summed E-state index contributed by atoms with van der Waals surface area (Å²) in [5.74, 6) is -0.131. The number of carbonyl (C=O) groups excluding carboxylic acids is 1. The molecule has 0 heterocycles. The number of halogens is 1. The van der Waals surface area contributed by atoms with Crippen LogP contribution in [0.3, 0.4) is 0 Å². The highest BCUT2D eigenvalue weighted by atomic mass is 79.9. The first-order valence-corrected chi connectivity index (χ1v) is 7.65. The molecule has 1 aromatic rings. The first-order chi connectivity index (χ1) is 9.63. The van der Waals surface area contributed by atoms with Crippen LogP contribution in [0.4, 0.5) is 5.69 Å². The smallest absolute Gasteiger partial charge is 0.240 e. The van der Waals surface area contributed by atoms with Gasteiger partial charge in [-0.05, 0) is 31.0 Å². The lowest BCUT2D eigenvalue weighted by molar-refractivity contribution is -0.121. The number of amides is 1. The fourth-order valence-electron chi connectivity index (χ4n) is 2.51. The third-order valence-electron chi connectivity index (χ3n) is 3.58. The van der Waals surface area contributed by atoms with E-state index in [0.717, 1.165) is 42.3 Å². The summed E-state index contributed by atoms with van der Waals surface area (Å²) in [4.78, 5) is 12.0. The Morgan fingerprint density at radius 2 is 2.10 bits per heavy atom. The van der Waals surface area contributed by atoms with Gasteiger partial charge >= 0.3 is 0 Å². The van der Waals surface area contributed by atoms with Crippen molar-refractivity contribution in [3.05, 3.63) is 28.7 Å². The molecule has 2 rings (SSSR count). The van der Waals surface area contributed by atoms with E-state index >= 15 is 0 Å². The Morgan fingerprint density at radius 1 is 1.35 bits per heavy atom. The molecule has 5 heteroatoms. The molecule has 0 aromatic heterocycles. The maximum Gasteiger partial charge on any atom is 0.240 e. The minimum Gasteiger partial charge on any atom is -0.376 e. The second-order valence-electron chi connectivity index (χ2n) is 5.17. The molecule has 20 heavy (non-hydrogen) atoms. The highest BCUT2D eigenvalue weighted by Gasteiger charge is 2.33. The van der Waals surface area contributed by atoms with Gasteiger partial charge in [0.2, 0.25) is 5.91 Å². The van der Waals surface area contributed by atoms with Gasteiger partial charge in [0.1, 0.15) is 5.54 Å². The first kappa shape index (κ1) is 14.9. The zero-order valence-electron chi connectivity index (χ0n) is 11.3. The van der Waals surface area contributed by atoms with Crippen molar-refractivity contribution in [3.63, 3.8) is 0 Å². The Labute approximate surface area is 127 Å². The maximum atomic E-state index is 12.0. The normalized spacial score (nSPS) is 17.0. The Morgan fingerprint density at radius 3 is 2.75 bits per heavy atom. The molecule has 0 spiro atoms. The van der Waals surface area contributed by atoms with Crippen LogP contribution in [0.5, 0.6) is 0 Å². The molecular formula is C15H18BrN3O. The third kappa shape index (κ3) is 3.97. The van der Waals surface area contributed by atoms with Crippen molar-refractivity contribution in [2.45, 2.75) is 37.6 Å². The van der Waals surface area contributed by atoms with Crippen LogP contribution in [0.25, 0.3) is 0 Å². The van der Waals surface area contributed by atoms with Crippen LogP contribution in [0.1, 0.15) is 32.1 Å². The quantitative estimate of drug-likeness (QED) is 0.887. The predicted molar refractivity (Wildman–Crippen MR) is 82.2 cm³/mol. The molecule has 0 atom stereocenters. The van der Waals surface area contributed by atoms with Gasteiger partial charge in [-0.1, -0.05) is 41.3 Å². The number of nitrogens with one attached hydrogen (secondary N) is 2. The molecular weight excluding hydrogens is 318 g/mol. The van der Waals surface area contributed by atoms with Gasteiger partial charge < -0.3 is 10.6 Å². The summed E-state index contributed by atoms with van der Waals surface area (Å²) < 4.78 is 0.962. The van der Waals surface area contributed by atoms with Gasteiger partial charge in [-0.2, -0.15) is 5.26 Å². The summed E-state index contributed by atoms with van der Waals surface area (Å²) in [6, 6.07) is 9.93. The first-order valence-electron chi connectivity index (χ1n) is 6.85. The lowest BCUT2D eigenvalue weighted by Gasteiger charge is -2.31. The van der Waals surface area contributed by atoms with E-state index < -0.39 is 5.54 Å². The molecule has 1 saturated carbocycles. The molecule has 0 aliphatic heterocycles. The molecule has 1 amide bonds. The molecule has 0 radical (unpaired) electrons. The van der Waals surface area contributed by atoms with Crippen LogP contribution < -0.4 is 10.6 Å². The number of hydrogen-bond donors (Lipinski definition) is 2. The van der Waals surface area contributed by atoms with Crippen molar-refractivity contribution in [2.75, 3.05) is 11.9 Å². The van der Waals surface area contributed by atoms with Gasteiger partial charge in [-0.15, -0.1) is 0 Å². The van der Waals surface area contributed by atoms with Crippen LogP contribution >= 0.6 is 15.9 Å². The van der Waals surface area contributed by atoms with Gasteiger partial charge in [-0.3, -0.25) is 4.79 Å². The van der Waals surface area contributed by atoms with Crippen LogP contribution in [0, 0.1) is 11.3 Å². The topological polar surface area (TPSA) is 64.9 Å². The van der Waals surface area contributed by atoms with Crippen LogP contribution in [0.2, 0.25) is 0 Å². The molecule has 0 saturated heterocycles. The summed E-state index contributed by atoms with van der Waals surface area (Å²) in [5, 5.41) is 15.3. The second-order valence-corrected chi connectivity index (χ2v) is 6.08. The number of hydrogen-bond acceptors (Lipinski definition) is 3. The van der Waals surface area contributed by atoms with Crippen LogP contribution in [-0.4, -0.2) is 18.0 Å². The van der Waals surface area contributed by atoms with Gasteiger partial charge in [0.05, 0.1) is 12.6 Å². The van der Waals surface area contributed by atoms with Crippen molar-refractivity contribution < 1.29 is 4.79 Å². The van der Waals surface area contributed by atoms with Crippen LogP contribution in [-0.2, 0) is 4.79 Å². The number of anilines is 1. The lowest BCUT2D eigenvalue weighted by Crippen LogP contribution is -2.50. The van der Waals surface area contributed by atoms with Crippen molar-refractivity contribution in [2.24, 2.45) is 0 Å². The van der Waals surface area contributed by atoms with Gasteiger partial charge in [0.25, 0.3) is 0 Å². The average Bonchev–Trinajstić information content (AvgIpc) is 2.46. The summed E-state index contributed by atoms with van der Waals surface area (Å²) in [5.41, 5.74) is 0.220. The molecule has 1 aliphatic carbocycles. The monoisotopic (exact) mass is 335 g/mol. The molecule has 1 fully saturated rings. The fraction of sp³-hybridized carbons (Fsp3) is 0.467. The molecule has 2 N–H and O–H groups in total. The zero-order valence-corrected chi connectivity index (χ0v) is 12.9. The Bertz CT molecular complexity index is 518. The van der Waals surface area contributed by atoms with Crippen molar-refractivity contribution in [3.8, 4) is 6.07 Å². The van der Waals surface area contributed by atoms with Crippen molar-refractivity contribution >= 4 is 27.5 Å². The molecule has 1 aliphatic rings. The highest BCUT2D eigenvalue weighted by Crippen LogP contribution is 2.27. The number of carbonyl (C=O) groups is 1. The molecule has 0 unspecified atom stereocenters. The van der Waals surface area contributed by atoms with E-state index in [1.54, 1.807) is 0 Å².